The number of amides is 1. The largest absolute Gasteiger partial charge is 0.462 e. The number of carbonyl (C=O) groups excluding carboxylic acids is 2. The van der Waals surface area contributed by atoms with Crippen LogP contribution in [-0.2, 0) is 11.2 Å². The first-order valence-corrected chi connectivity index (χ1v) is 13.3. The maximum Gasteiger partial charge on any atom is 0.341 e. The predicted molar refractivity (Wildman–Crippen MR) is 149 cm³/mol. The molecule has 0 aliphatic carbocycles. The van der Waals surface area contributed by atoms with E-state index in [4.69, 9.17) is 4.74 Å². The van der Waals surface area contributed by atoms with E-state index < -0.39 is 5.97 Å². The third-order valence-electron chi connectivity index (χ3n) is 6.00. The van der Waals surface area contributed by atoms with Gasteiger partial charge >= 0.3 is 5.97 Å². The van der Waals surface area contributed by atoms with Gasteiger partial charge in [-0.15, -0.1) is 11.3 Å². The van der Waals surface area contributed by atoms with Crippen molar-refractivity contribution in [2.45, 2.75) is 39.5 Å². The van der Waals surface area contributed by atoms with E-state index in [0.717, 1.165) is 47.9 Å². The molecule has 0 radical (unpaired) electrons. The van der Waals surface area contributed by atoms with Gasteiger partial charge in [-0.05, 0) is 53.6 Å². The van der Waals surface area contributed by atoms with E-state index in [1.165, 1.54) is 16.9 Å². The lowest BCUT2D eigenvalue weighted by atomic mass is 10.0. The minimum absolute atomic E-state index is 0.262. The molecule has 1 aromatic heterocycles. The van der Waals surface area contributed by atoms with Crippen LogP contribution < -0.4 is 5.32 Å². The molecular weight excluding hydrogens is 466 g/mol. The second-order valence-electron chi connectivity index (χ2n) is 8.69. The van der Waals surface area contributed by atoms with Gasteiger partial charge in [0, 0.05) is 16.5 Å². The number of hydrogen-bond donors (Lipinski definition) is 1. The van der Waals surface area contributed by atoms with Crippen LogP contribution in [0.5, 0.6) is 0 Å². The summed E-state index contributed by atoms with van der Waals surface area (Å²) in [6.45, 7) is 4.47. The first-order valence-electron chi connectivity index (χ1n) is 12.5. The fourth-order valence-corrected chi connectivity index (χ4v) is 4.94. The van der Waals surface area contributed by atoms with Crippen LogP contribution in [-0.4, -0.2) is 18.5 Å². The number of carbonyl (C=O) groups is 2. The molecule has 1 amide bonds. The SMILES string of the molecule is CCCCc1ccc(-c2csc(NC(=O)c3ccc(-c4ccccc4)cc3)c2C(=O)OCCC)cc1. The van der Waals surface area contributed by atoms with Crippen molar-refractivity contribution in [1.82, 2.24) is 0 Å². The summed E-state index contributed by atoms with van der Waals surface area (Å²) < 4.78 is 5.48. The zero-order valence-corrected chi connectivity index (χ0v) is 21.6. The molecule has 3 aromatic carbocycles. The average molecular weight is 498 g/mol. The Labute approximate surface area is 217 Å². The monoisotopic (exact) mass is 497 g/mol. The van der Waals surface area contributed by atoms with Crippen molar-refractivity contribution in [3.05, 3.63) is 101 Å². The van der Waals surface area contributed by atoms with E-state index >= 15 is 0 Å². The standard InChI is InChI=1S/C31H31NO3S/c1-3-5-9-22-12-14-25(15-13-22)27-21-36-30(28(27)31(34)35-20-4-2)32-29(33)26-18-16-24(17-19-26)23-10-7-6-8-11-23/h6-8,10-19,21H,3-5,9,20H2,1-2H3,(H,32,33). The molecule has 0 saturated carbocycles. The van der Waals surface area contributed by atoms with Crippen molar-refractivity contribution in [3.8, 4) is 22.3 Å². The second-order valence-corrected chi connectivity index (χ2v) is 9.57. The van der Waals surface area contributed by atoms with Gasteiger partial charge in [0.2, 0.25) is 0 Å². The van der Waals surface area contributed by atoms with Gasteiger partial charge in [0.1, 0.15) is 10.6 Å². The number of nitrogens with one attached hydrogen (secondary N) is 1. The van der Waals surface area contributed by atoms with Crippen LogP contribution in [0.25, 0.3) is 22.3 Å². The Morgan fingerprint density at radius 2 is 1.47 bits per heavy atom. The molecule has 0 saturated heterocycles. The maximum atomic E-state index is 13.1. The van der Waals surface area contributed by atoms with Crippen LogP contribution in [0.1, 0.15) is 59.4 Å². The zero-order chi connectivity index (χ0) is 25.3. The van der Waals surface area contributed by atoms with Gasteiger partial charge in [-0.2, -0.15) is 0 Å². The highest BCUT2D eigenvalue weighted by Gasteiger charge is 2.23. The molecule has 0 aliphatic heterocycles. The quantitative estimate of drug-likeness (QED) is 0.224. The molecule has 5 heteroatoms. The molecule has 0 aliphatic rings. The van der Waals surface area contributed by atoms with Gasteiger partial charge < -0.3 is 10.1 Å². The Balaban J connectivity index is 1.58. The summed E-state index contributed by atoms with van der Waals surface area (Å²) in [7, 11) is 0. The Kier molecular flexibility index (Phi) is 8.69. The number of hydrogen-bond acceptors (Lipinski definition) is 4. The highest BCUT2D eigenvalue weighted by molar-refractivity contribution is 7.15. The van der Waals surface area contributed by atoms with Gasteiger partial charge in [0.15, 0.2) is 0 Å². The predicted octanol–water partition coefficient (Wildman–Crippen LogP) is 8.24. The summed E-state index contributed by atoms with van der Waals surface area (Å²) in [5, 5.41) is 5.36. The number of anilines is 1. The second kappa shape index (κ2) is 12.3. The highest BCUT2D eigenvalue weighted by Crippen LogP contribution is 2.37. The first kappa shape index (κ1) is 25.4. The first-order chi connectivity index (χ1) is 17.6. The molecule has 4 rings (SSSR count). The fraction of sp³-hybridized carbons (Fsp3) is 0.226. The zero-order valence-electron chi connectivity index (χ0n) is 20.8. The number of unbranched alkanes of at least 4 members (excludes halogenated alkanes) is 1. The summed E-state index contributed by atoms with van der Waals surface area (Å²) in [6, 6.07) is 25.8. The van der Waals surface area contributed by atoms with Crippen LogP contribution >= 0.6 is 11.3 Å². The third kappa shape index (κ3) is 6.10. The number of aryl methyl sites for hydroxylation is 1. The summed E-state index contributed by atoms with van der Waals surface area (Å²) in [6.07, 6.45) is 4.07. The Morgan fingerprint density at radius 3 is 2.14 bits per heavy atom. The van der Waals surface area contributed by atoms with Gasteiger partial charge in [-0.1, -0.05) is 87.0 Å². The smallest absolute Gasteiger partial charge is 0.341 e. The molecule has 0 spiro atoms. The molecule has 0 unspecified atom stereocenters. The summed E-state index contributed by atoms with van der Waals surface area (Å²) in [5.41, 5.74) is 6.05. The van der Waals surface area contributed by atoms with E-state index in [2.05, 4.69) is 24.4 Å². The number of benzene rings is 3. The molecular formula is C31H31NO3S. The number of esters is 1. The molecule has 1 N–H and O–H groups in total. The lowest BCUT2D eigenvalue weighted by Gasteiger charge is -2.10. The minimum atomic E-state index is -0.419. The van der Waals surface area contributed by atoms with Gasteiger partial charge in [0.05, 0.1) is 6.61 Å². The third-order valence-corrected chi connectivity index (χ3v) is 6.89. The topological polar surface area (TPSA) is 55.4 Å². The minimum Gasteiger partial charge on any atom is -0.462 e. The molecule has 4 aromatic rings. The lowest BCUT2D eigenvalue weighted by Crippen LogP contribution is -2.15. The maximum absolute atomic E-state index is 13.1. The lowest BCUT2D eigenvalue weighted by molar-refractivity contribution is 0.0507. The van der Waals surface area contributed by atoms with Gasteiger partial charge in [-0.25, -0.2) is 4.79 Å². The molecule has 0 atom stereocenters. The van der Waals surface area contributed by atoms with E-state index in [0.29, 0.717) is 22.7 Å². The van der Waals surface area contributed by atoms with Crippen LogP contribution in [0.15, 0.2) is 84.2 Å². The fourth-order valence-electron chi connectivity index (χ4n) is 3.98. The average Bonchev–Trinajstić information content (AvgIpc) is 3.34. The number of rotatable bonds is 10. The van der Waals surface area contributed by atoms with Crippen molar-refractivity contribution in [3.63, 3.8) is 0 Å². The molecule has 1 heterocycles. The summed E-state index contributed by atoms with van der Waals surface area (Å²) >= 11 is 1.34. The molecule has 4 nitrogen and oxygen atoms in total. The summed E-state index contributed by atoms with van der Waals surface area (Å²) in [4.78, 5) is 26.1. The normalized spacial score (nSPS) is 10.7. The van der Waals surface area contributed by atoms with Crippen molar-refractivity contribution < 1.29 is 14.3 Å². The Morgan fingerprint density at radius 1 is 0.806 bits per heavy atom. The summed E-state index contributed by atoms with van der Waals surface area (Å²) in [5.74, 6) is -0.680. The van der Waals surface area contributed by atoms with Crippen LogP contribution in [0.2, 0.25) is 0 Å². The van der Waals surface area contributed by atoms with Crippen molar-refractivity contribution in [1.29, 1.82) is 0 Å². The van der Waals surface area contributed by atoms with E-state index in [1.807, 2.05) is 66.9 Å². The van der Waals surface area contributed by atoms with Crippen molar-refractivity contribution in [2.24, 2.45) is 0 Å². The van der Waals surface area contributed by atoms with Crippen molar-refractivity contribution in [2.75, 3.05) is 11.9 Å². The highest BCUT2D eigenvalue weighted by atomic mass is 32.1. The Bertz CT molecular complexity index is 1290. The molecule has 184 valence electrons. The van der Waals surface area contributed by atoms with Crippen LogP contribution in [0.3, 0.4) is 0 Å². The van der Waals surface area contributed by atoms with E-state index in [-0.39, 0.29) is 5.91 Å². The van der Waals surface area contributed by atoms with E-state index in [9.17, 15) is 9.59 Å². The van der Waals surface area contributed by atoms with Crippen molar-refractivity contribution >= 4 is 28.2 Å². The Hall–Kier alpha value is -3.70. The van der Waals surface area contributed by atoms with Gasteiger partial charge in [-0.3, -0.25) is 4.79 Å². The van der Waals surface area contributed by atoms with Crippen LogP contribution in [0, 0.1) is 0 Å². The van der Waals surface area contributed by atoms with Gasteiger partial charge in [0.25, 0.3) is 5.91 Å². The molecule has 0 fully saturated rings. The van der Waals surface area contributed by atoms with Crippen LogP contribution in [0.4, 0.5) is 5.00 Å². The van der Waals surface area contributed by atoms with E-state index in [1.54, 1.807) is 12.1 Å². The molecule has 36 heavy (non-hydrogen) atoms. The number of thiophene rings is 1. The molecule has 0 bridgehead atoms. The number of ether oxygens (including phenoxy) is 1.